The number of rotatable bonds is 4. The van der Waals surface area contributed by atoms with E-state index in [-0.39, 0.29) is 5.69 Å². The zero-order valence-electron chi connectivity index (χ0n) is 10.9. The number of nitrogens with zero attached hydrogens (tertiary/aromatic N) is 2. The SMILES string of the molecule is Cc1nc(=O)n(CCCC2CCCO2)c(C)c1Br. The largest absolute Gasteiger partial charge is 0.378 e. The second-order valence-electron chi connectivity index (χ2n) is 4.81. The van der Waals surface area contributed by atoms with E-state index < -0.39 is 0 Å². The molecule has 1 aromatic rings. The van der Waals surface area contributed by atoms with E-state index in [0.29, 0.717) is 6.10 Å². The van der Waals surface area contributed by atoms with Gasteiger partial charge in [-0.25, -0.2) is 4.79 Å². The van der Waals surface area contributed by atoms with E-state index in [1.165, 1.54) is 6.42 Å². The predicted octanol–water partition coefficient (Wildman–Crippen LogP) is 2.58. The molecule has 1 unspecified atom stereocenters. The molecule has 1 aromatic heterocycles. The number of hydrogen-bond donors (Lipinski definition) is 0. The Morgan fingerprint density at radius 3 is 2.94 bits per heavy atom. The zero-order chi connectivity index (χ0) is 13.1. The summed E-state index contributed by atoms with van der Waals surface area (Å²) in [6.07, 6.45) is 4.70. The second-order valence-corrected chi connectivity index (χ2v) is 5.60. The first-order valence-electron chi connectivity index (χ1n) is 6.44. The lowest BCUT2D eigenvalue weighted by molar-refractivity contribution is 0.101. The number of halogens is 1. The zero-order valence-corrected chi connectivity index (χ0v) is 12.5. The van der Waals surface area contributed by atoms with Gasteiger partial charge in [-0.3, -0.25) is 4.57 Å². The van der Waals surface area contributed by atoms with Gasteiger partial charge in [0, 0.05) is 18.8 Å². The van der Waals surface area contributed by atoms with Crippen molar-refractivity contribution >= 4 is 15.9 Å². The maximum Gasteiger partial charge on any atom is 0.348 e. The van der Waals surface area contributed by atoms with Crippen molar-refractivity contribution < 1.29 is 4.74 Å². The molecule has 1 aliphatic heterocycles. The molecule has 0 aliphatic carbocycles. The minimum Gasteiger partial charge on any atom is -0.378 e. The van der Waals surface area contributed by atoms with Gasteiger partial charge in [0.2, 0.25) is 0 Å². The number of aryl methyl sites for hydroxylation is 1. The van der Waals surface area contributed by atoms with Gasteiger partial charge in [0.05, 0.1) is 16.3 Å². The fourth-order valence-electron chi connectivity index (χ4n) is 2.39. The van der Waals surface area contributed by atoms with E-state index in [1.807, 2.05) is 13.8 Å². The Morgan fingerprint density at radius 2 is 2.28 bits per heavy atom. The first-order chi connectivity index (χ1) is 8.59. The summed E-state index contributed by atoms with van der Waals surface area (Å²) in [6.45, 7) is 5.40. The normalized spacial score (nSPS) is 19.4. The van der Waals surface area contributed by atoms with Crippen LogP contribution >= 0.6 is 15.9 Å². The highest BCUT2D eigenvalue weighted by molar-refractivity contribution is 9.10. The smallest absolute Gasteiger partial charge is 0.348 e. The van der Waals surface area contributed by atoms with E-state index in [2.05, 4.69) is 20.9 Å². The Labute approximate surface area is 116 Å². The van der Waals surface area contributed by atoms with Crippen LogP contribution in [0.1, 0.15) is 37.1 Å². The van der Waals surface area contributed by atoms with Gasteiger partial charge in [-0.15, -0.1) is 0 Å². The third-order valence-corrected chi connectivity index (χ3v) is 4.61. The summed E-state index contributed by atoms with van der Waals surface area (Å²) in [4.78, 5) is 15.9. The summed E-state index contributed by atoms with van der Waals surface area (Å²) >= 11 is 3.48. The summed E-state index contributed by atoms with van der Waals surface area (Å²) in [5.41, 5.74) is 1.56. The van der Waals surface area contributed by atoms with Crippen molar-refractivity contribution in [1.29, 1.82) is 0 Å². The summed E-state index contributed by atoms with van der Waals surface area (Å²) in [5.74, 6) is 0. The second kappa shape index (κ2) is 5.97. The quantitative estimate of drug-likeness (QED) is 0.858. The number of ether oxygens (including phenoxy) is 1. The van der Waals surface area contributed by atoms with Gasteiger partial charge in [-0.2, -0.15) is 4.98 Å². The summed E-state index contributed by atoms with van der Waals surface area (Å²) in [5, 5.41) is 0. The van der Waals surface area contributed by atoms with Crippen molar-refractivity contribution in [3.8, 4) is 0 Å². The van der Waals surface area contributed by atoms with E-state index in [9.17, 15) is 4.79 Å². The van der Waals surface area contributed by atoms with Crippen LogP contribution in [0.2, 0.25) is 0 Å². The van der Waals surface area contributed by atoms with E-state index in [1.54, 1.807) is 4.57 Å². The van der Waals surface area contributed by atoms with Crippen molar-refractivity contribution in [2.24, 2.45) is 0 Å². The van der Waals surface area contributed by atoms with Crippen LogP contribution in [-0.2, 0) is 11.3 Å². The van der Waals surface area contributed by atoms with Gasteiger partial charge in [0.1, 0.15) is 0 Å². The molecular formula is C13H19BrN2O2. The average Bonchev–Trinajstić information content (AvgIpc) is 2.84. The first-order valence-corrected chi connectivity index (χ1v) is 7.24. The van der Waals surface area contributed by atoms with E-state index in [4.69, 9.17) is 4.74 Å². The average molecular weight is 315 g/mol. The maximum atomic E-state index is 11.8. The summed E-state index contributed by atoms with van der Waals surface area (Å²) in [7, 11) is 0. The molecule has 0 aromatic carbocycles. The molecule has 2 heterocycles. The molecule has 0 N–H and O–H groups in total. The highest BCUT2D eigenvalue weighted by atomic mass is 79.9. The lowest BCUT2D eigenvalue weighted by Gasteiger charge is -2.13. The molecule has 5 heteroatoms. The van der Waals surface area contributed by atoms with Gasteiger partial charge >= 0.3 is 5.69 Å². The van der Waals surface area contributed by atoms with Gasteiger partial charge in [0.25, 0.3) is 0 Å². The molecule has 0 radical (unpaired) electrons. The van der Waals surface area contributed by atoms with Crippen LogP contribution < -0.4 is 5.69 Å². The molecule has 0 saturated carbocycles. The Kier molecular flexibility index (Phi) is 4.56. The molecule has 18 heavy (non-hydrogen) atoms. The minimum absolute atomic E-state index is 0.152. The van der Waals surface area contributed by atoms with Crippen LogP contribution in [0.5, 0.6) is 0 Å². The van der Waals surface area contributed by atoms with Crippen LogP contribution in [0.4, 0.5) is 0 Å². The number of hydrogen-bond acceptors (Lipinski definition) is 3. The third kappa shape index (κ3) is 3.01. The Bertz CT molecular complexity index is 479. The van der Waals surface area contributed by atoms with Gasteiger partial charge in [-0.1, -0.05) is 0 Å². The monoisotopic (exact) mass is 314 g/mol. The third-order valence-electron chi connectivity index (χ3n) is 3.47. The standard InChI is InChI=1S/C13H19BrN2O2/c1-9-12(14)10(2)16(13(17)15-9)7-3-5-11-6-4-8-18-11/h11H,3-8H2,1-2H3. The van der Waals surface area contributed by atoms with Gasteiger partial charge in [-0.05, 0) is 55.5 Å². The van der Waals surface area contributed by atoms with Crippen molar-refractivity contribution in [3.05, 3.63) is 26.3 Å². The van der Waals surface area contributed by atoms with Crippen LogP contribution in [0.15, 0.2) is 9.27 Å². The highest BCUT2D eigenvalue weighted by Crippen LogP contribution is 2.19. The molecule has 100 valence electrons. The lowest BCUT2D eigenvalue weighted by Crippen LogP contribution is -2.27. The molecule has 2 rings (SSSR count). The number of aromatic nitrogens is 2. The molecule has 0 amide bonds. The fourth-order valence-corrected chi connectivity index (χ4v) is 2.69. The van der Waals surface area contributed by atoms with Gasteiger partial charge < -0.3 is 4.74 Å². The molecule has 1 aliphatic rings. The molecule has 4 nitrogen and oxygen atoms in total. The molecule has 1 saturated heterocycles. The van der Waals surface area contributed by atoms with Crippen LogP contribution in [0.25, 0.3) is 0 Å². The fraction of sp³-hybridized carbons (Fsp3) is 0.692. The van der Waals surface area contributed by atoms with Crippen molar-refractivity contribution in [3.63, 3.8) is 0 Å². The van der Waals surface area contributed by atoms with Gasteiger partial charge in [0.15, 0.2) is 0 Å². The molecule has 1 fully saturated rings. The Morgan fingerprint density at radius 1 is 1.50 bits per heavy atom. The van der Waals surface area contributed by atoms with Crippen molar-refractivity contribution in [2.75, 3.05) is 6.61 Å². The van der Waals surface area contributed by atoms with Crippen molar-refractivity contribution in [2.45, 2.75) is 52.2 Å². The topological polar surface area (TPSA) is 44.1 Å². The Hall–Kier alpha value is -0.680. The lowest BCUT2D eigenvalue weighted by atomic mass is 10.1. The van der Waals surface area contributed by atoms with Crippen molar-refractivity contribution in [1.82, 2.24) is 9.55 Å². The summed E-state index contributed by atoms with van der Waals surface area (Å²) in [6, 6.07) is 0. The van der Waals surface area contributed by atoms with E-state index >= 15 is 0 Å². The maximum absolute atomic E-state index is 11.8. The molecule has 0 spiro atoms. The molecule has 0 bridgehead atoms. The first kappa shape index (κ1) is 13.7. The van der Waals surface area contributed by atoms with E-state index in [0.717, 1.165) is 48.3 Å². The summed E-state index contributed by atoms with van der Waals surface area (Å²) < 4.78 is 8.25. The predicted molar refractivity (Wildman–Crippen MR) is 73.9 cm³/mol. The van der Waals surface area contributed by atoms with Crippen LogP contribution in [-0.4, -0.2) is 22.3 Å². The molecular weight excluding hydrogens is 296 g/mol. The minimum atomic E-state index is -0.152. The molecule has 1 atom stereocenters. The highest BCUT2D eigenvalue weighted by Gasteiger charge is 2.15. The van der Waals surface area contributed by atoms with Crippen LogP contribution in [0.3, 0.4) is 0 Å². The Balaban J connectivity index is 2.00. The van der Waals surface area contributed by atoms with Crippen LogP contribution in [0, 0.1) is 13.8 Å².